The number of hydrogen-bond acceptors (Lipinski definition) is 4. The smallest absolute Gasteiger partial charge is 0.251 e. The largest absolute Gasteiger partial charge is 0.391 e. The van der Waals surface area contributed by atoms with Gasteiger partial charge in [0.25, 0.3) is 5.91 Å². The summed E-state index contributed by atoms with van der Waals surface area (Å²) >= 11 is 0. The van der Waals surface area contributed by atoms with Crippen LogP contribution in [0.2, 0.25) is 0 Å². The average Bonchev–Trinajstić information content (AvgIpc) is 2.92. The van der Waals surface area contributed by atoms with Gasteiger partial charge in [-0.25, -0.2) is 0 Å². The van der Waals surface area contributed by atoms with Crippen LogP contribution in [0.4, 0.5) is 5.69 Å². The number of nitrogens with one attached hydrogen (secondary N) is 3. The molecule has 1 aliphatic heterocycles. The Labute approximate surface area is 138 Å². The molecule has 2 rings (SSSR count). The lowest BCUT2D eigenvalue weighted by Crippen LogP contribution is -2.34. The molecule has 5 heteroatoms. The fourth-order valence-corrected chi connectivity index (χ4v) is 2.70. The fraction of sp³-hybridized carbons (Fsp3) is 0.611. The van der Waals surface area contributed by atoms with Gasteiger partial charge in [0.15, 0.2) is 0 Å². The Hall–Kier alpha value is -1.59. The zero-order valence-corrected chi connectivity index (χ0v) is 14.5. The zero-order chi connectivity index (χ0) is 17.0. The average molecular weight is 319 g/mol. The van der Waals surface area contributed by atoms with Crippen LogP contribution in [0, 0.1) is 18.8 Å². The van der Waals surface area contributed by atoms with Gasteiger partial charge in [0, 0.05) is 42.8 Å². The molecule has 3 atom stereocenters. The summed E-state index contributed by atoms with van der Waals surface area (Å²) in [5.74, 6) is 0.521. The summed E-state index contributed by atoms with van der Waals surface area (Å²) in [6.45, 7) is 10.3. The van der Waals surface area contributed by atoms with E-state index in [0.717, 1.165) is 17.8 Å². The third-order valence-electron chi connectivity index (χ3n) is 4.79. The molecule has 0 saturated carbocycles. The Kier molecular flexibility index (Phi) is 6.02. The highest BCUT2D eigenvalue weighted by Gasteiger charge is 2.25. The first-order chi connectivity index (χ1) is 10.9. The maximum Gasteiger partial charge on any atom is 0.251 e. The fourth-order valence-electron chi connectivity index (χ4n) is 2.70. The molecule has 1 aromatic rings. The lowest BCUT2D eigenvalue weighted by atomic mass is 10.0. The van der Waals surface area contributed by atoms with Crippen molar-refractivity contribution in [3.05, 3.63) is 29.3 Å². The molecule has 0 radical (unpaired) electrons. The molecule has 1 aromatic carbocycles. The summed E-state index contributed by atoms with van der Waals surface area (Å²) in [4.78, 5) is 12.5. The van der Waals surface area contributed by atoms with Gasteiger partial charge >= 0.3 is 0 Å². The summed E-state index contributed by atoms with van der Waals surface area (Å²) in [5.41, 5.74) is 2.65. The van der Waals surface area contributed by atoms with E-state index >= 15 is 0 Å². The minimum absolute atomic E-state index is 0.0811. The van der Waals surface area contributed by atoms with Gasteiger partial charge in [-0.2, -0.15) is 0 Å². The van der Waals surface area contributed by atoms with E-state index in [9.17, 15) is 9.90 Å². The maximum atomic E-state index is 12.5. The predicted molar refractivity (Wildman–Crippen MR) is 93.8 cm³/mol. The van der Waals surface area contributed by atoms with Gasteiger partial charge in [0.05, 0.1) is 6.10 Å². The summed E-state index contributed by atoms with van der Waals surface area (Å²) in [7, 11) is 0. The molecule has 128 valence electrons. The van der Waals surface area contributed by atoms with Crippen molar-refractivity contribution < 1.29 is 9.90 Å². The number of carbonyl (C=O) groups is 1. The second-order valence-electron chi connectivity index (χ2n) is 6.85. The molecule has 1 saturated heterocycles. The monoisotopic (exact) mass is 319 g/mol. The highest BCUT2D eigenvalue weighted by molar-refractivity contribution is 5.97. The van der Waals surface area contributed by atoms with E-state index in [1.54, 1.807) is 0 Å². The first kappa shape index (κ1) is 17.8. The number of rotatable bonds is 6. The number of benzene rings is 1. The molecular weight excluding hydrogens is 290 g/mol. The molecule has 5 nitrogen and oxygen atoms in total. The van der Waals surface area contributed by atoms with Crippen LogP contribution in [-0.4, -0.2) is 42.8 Å². The molecule has 3 unspecified atom stereocenters. The van der Waals surface area contributed by atoms with Gasteiger partial charge in [0.2, 0.25) is 0 Å². The first-order valence-electron chi connectivity index (χ1n) is 8.43. The molecule has 0 aromatic heterocycles. The van der Waals surface area contributed by atoms with Gasteiger partial charge < -0.3 is 21.1 Å². The number of hydrogen-bond donors (Lipinski definition) is 4. The number of aliphatic hydroxyl groups is 1. The Bertz CT molecular complexity index is 545. The van der Waals surface area contributed by atoms with Crippen molar-refractivity contribution in [2.45, 2.75) is 39.8 Å². The van der Waals surface area contributed by atoms with Crippen LogP contribution in [0.5, 0.6) is 0 Å². The number of anilines is 1. The number of amides is 1. The minimum atomic E-state index is -0.378. The molecule has 4 N–H and O–H groups in total. The Morgan fingerprint density at radius 3 is 2.70 bits per heavy atom. The standard InChI is InChI=1S/C18H29N3O2/c1-11(2)13(4)21-16-7-5-6-15(12(16)3)18(23)20-9-14-8-19-10-17(14)22/h5-7,11,13-14,17,19,21-22H,8-10H2,1-4H3,(H,20,23). The topological polar surface area (TPSA) is 73.4 Å². The van der Waals surface area contributed by atoms with E-state index < -0.39 is 0 Å². The molecule has 0 aliphatic carbocycles. The Balaban J connectivity index is 2.02. The van der Waals surface area contributed by atoms with Crippen LogP contribution in [-0.2, 0) is 0 Å². The van der Waals surface area contributed by atoms with E-state index in [-0.39, 0.29) is 17.9 Å². The van der Waals surface area contributed by atoms with E-state index in [1.807, 2.05) is 25.1 Å². The van der Waals surface area contributed by atoms with Crippen molar-refractivity contribution in [1.82, 2.24) is 10.6 Å². The highest BCUT2D eigenvalue weighted by atomic mass is 16.3. The van der Waals surface area contributed by atoms with E-state index in [1.165, 1.54) is 0 Å². The van der Waals surface area contributed by atoms with Crippen LogP contribution in [0.3, 0.4) is 0 Å². The highest BCUT2D eigenvalue weighted by Crippen LogP contribution is 2.21. The molecule has 0 bridgehead atoms. The number of aliphatic hydroxyl groups excluding tert-OH is 1. The van der Waals surface area contributed by atoms with Gasteiger partial charge in [-0.3, -0.25) is 4.79 Å². The van der Waals surface area contributed by atoms with Gasteiger partial charge in [-0.1, -0.05) is 19.9 Å². The lowest BCUT2D eigenvalue weighted by molar-refractivity contribution is 0.0926. The SMILES string of the molecule is Cc1c(NC(C)C(C)C)cccc1C(=O)NCC1CNCC1O. The summed E-state index contributed by atoms with van der Waals surface area (Å²) < 4.78 is 0. The molecule has 0 spiro atoms. The maximum absolute atomic E-state index is 12.5. The molecule has 1 fully saturated rings. The number of carbonyl (C=O) groups excluding carboxylic acids is 1. The van der Waals surface area contributed by atoms with Crippen molar-refractivity contribution in [3.63, 3.8) is 0 Å². The summed E-state index contributed by atoms with van der Waals surface area (Å²) in [5, 5.41) is 19.4. The van der Waals surface area contributed by atoms with Crippen LogP contribution in [0.1, 0.15) is 36.7 Å². The van der Waals surface area contributed by atoms with Crippen LogP contribution < -0.4 is 16.0 Å². The molecule has 1 heterocycles. The summed E-state index contributed by atoms with van der Waals surface area (Å²) in [6, 6.07) is 6.10. The second-order valence-corrected chi connectivity index (χ2v) is 6.85. The third kappa shape index (κ3) is 4.45. The van der Waals surface area contributed by atoms with Gasteiger partial charge in [-0.15, -0.1) is 0 Å². The lowest BCUT2D eigenvalue weighted by Gasteiger charge is -2.21. The molecular formula is C18H29N3O2. The van der Waals surface area contributed by atoms with Crippen molar-refractivity contribution in [2.75, 3.05) is 25.0 Å². The zero-order valence-electron chi connectivity index (χ0n) is 14.5. The second kappa shape index (κ2) is 7.79. The minimum Gasteiger partial charge on any atom is -0.391 e. The van der Waals surface area contributed by atoms with Crippen LogP contribution in [0.25, 0.3) is 0 Å². The normalized spacial score (nSPS) is 22.2. The first-order valence-corrected chi connectivity index (χ1v) is 8.43. The van der Waals surface area contributed by atoms with Crippen molar-refractivity contribution in [2.24, 2.45) is 11.8 Å². The van der Waals surface area contributed by atoms with Crippen molar-refractivity contribution >= 4 is 11.6 Å². The van der Waals surface area contributed by atoms with Gasteiger partial charge in [-0.05, 0) is 37.5 Å². The number of β-amino-alcohol motifs (C(OH)–C–C–N with tert-alkyl or cyclic N) is 1. The van der Waals surface area contributed by atoms with E-state index in [4.69, 9.17) is 0 Å². The summed E-state index contributed by atoms with van der Waals surface area (Å²) in [6.07, 6.45) is -0.378. The van der Waals surface area contributed by atoms with Crippen molar-refractivity contribution in [1.29, 1.82) is 0 Å². The Morgan fingerprint density at radius 2 is 2.09 bits per heavy atom. The third-order valence-corrected chi connectivity index (χ3v) is 4.79. The Morgan fingerprint density at radius 1 is 1.35 bits per heavy atom. The molecule has 1 aliphatic rings. The van der Waals surface area contributed by atoms with Crippen LogP contribution in [0.15, 0.2) is 18.2 Å². The molecule has 23 heavy (non-hydrogen) atoms. The molecule has 1 amide bonds. The quantitative estimate of drug-likeness (QED) is 0.645. The van der Waals surface area contributed by atoms with E-state index in [0.29, 0.717) is 30.6 Å². The van der Waals surface area contributed by atoms with Gasteiger partial charge in [0.1, 0.15) is 0 Å². The van der Waals surface area contributed by atoms with E-state index in [2.05, 4.69) is 36.7 Å². The van der Waals surface area contributed by atoms with Crippen molar-refractivity contribution in [3.8, 4) is 0 Å². The predicted octanol–water partition coefficient (Wildman–Crippen LogP) is 1.76. The van der Waals surface area contributed by atoms with Crippen LogP contribution >= 0.6 is 0 Å².